The number of hydrogen-bond acceptors (Lipinski definition) is 7. The van der Waals surface area contributed by atoms with E-state index in [0.717, 1.165) is 36.7 Å². The Balaban J connectivity index is 1.47. The number of aromatic nitrogens is 3. The zero-order chi connectivity index (χ0) is 19.8. The number of carbonyl (C=O) groups excluding carboxylic acids is 1. The predicted molar refractivity (Wildman–Crippen MR) is 104 cm³/mol. The summed E-state index contributed by atoms with van der Waals surface area (Å²) in [7, 11) is 1.41. The van der Waals surface area contributed by atoms with E-state index in [-0.39, 0.29) is 17.3 Å². The fourth-order valence-corrected chi connectivity index (χ4v) is 3.93. The first-order chi connectivity index (χ1) is 13.5. The summed E-state index contributed by atoms with van der Waals surface area (Å²) in [5.74, 6) is 1.58. The molecule has 2 saturated carbocycles. The van der Waals surface area contributed by atoms with Gasteiger partial charge in [-0.15, -0.1) is 10.2 Å². The minimum atomic E-state index is -0.505. The van der Waals surface area contributed by atoms with Crippen LogP contribution in [0.1, 0.15) is 50.4 Å². The van der Waals surface area contributed by atoms with Gasteiger partial charge in [0.1, 0.15) is 11.6 Å². The fraction of sp³-hybridized carbons (Fsp3) is 0.500. The number of ether oxygens (including phenoxy) is 1. The Labute approximate surface area is 166 Å². The molecule has 4 rings (SSSR count). The van der Waals surface area contributed by atoms with Gasteiger partial charge in [0.2, 0.25) is 5.91 Å². The van der Waals surface area contributed by atoms with Crippen molar-refractivity contribution in [3.8, 4) is 5.75 Å². The number of benzene rings is 1. The number of nitrogens with one attached hydrogen (secondary N) is 1. The van der Waals surface area contributed by atoms with Gasteiger partial charge in [-0.05, 0) is 38.7 Å². The molecule has 0 aliphatic heterocycles. The van der Waals surface area contributed by atoms with Gasteiger partial charge in [0.05, 0.1) is 29.0 Å². The molecule has 0 bridgehead atoms. The highest BCUT2D eigenvalue weighted by molar-refractivity contribution is 8.00. The molecular formula is C18H21N5O4S. The first-order valence-electron chi connectivity index (χ1n) is 9.22. The third kappa shape index (κ3) is 3.82. The van der Waals surface area contributed by atoms with Crippen LogP contribution in [0.15, 0.2) is 23.4 Å². The number of nitro benzene ring substituents is 1. The number of hydrogen-bond donors (Lipinski definition) is 1. The van der Waals surface area contributed by atoms with Crippen LogP contribution < -0.4 is 10.1 Å². The molecule has 10 heteroatoms. The van der Waals surface area contributed by atoms with Crippen molar-refractivity contribution in [2.75, 3.05) is 12.4 Å². The molecule has 0 radical (unpaired) electrons. The summed E-state index contributed by atoms with van der Waals surface area (Å²) in [5, 5.41) is 22.8. The van der Waals surface area contributed by atoms with Crippen molar-refractivity contribution >= 4 is 29.0 Å². The van der Waals surface area contributed by atoms with E-state index in [9.17, 15) is 14.9 Å². The monoisotopic (exact) mass is 403 g/mol. The van der Waals surface area contributed by atoms with E-state index >= 15 is 0 Å². The van der Waals surface area contributed by atoms with Gasteiger partial charge in [-0.1, -0.05) is 11.8 Å². The van der Waals surface area contributed by atoms with Crippen molar-refractivity contribution in [1.82, 2.24) is 14.8 Å². The van der Waals surface area contributed by atoms with Gasteiger partial charge >= 0.3 is 0 Å². The van der Waals surface area contributed by atoms with Gasteiger partial charge in [0, 0.05) is 18.0 Å². The third-order valence-electron chi connectivity index (χ3n) is 4.85. The average Bonchev–Trinajstić information content (AvgIpc) is 3.60. The topological polar surface area (TPSA) is 112 Å². The molecule has 1 atom stereocenters. The highest BCUT2D eigenvalue weighted by Gasteiger charge is 2.37. The molecule has 0 spiro atoms. The first-order valence-corrected chi connectivity index (χ1v) is 10.1. The van der Waals surface area contributed by atoms with Gasteiger partial charge in [-0.3, -0.25) is 14.9 Å². The van der Waals surface area contributed by atoms with Crippen LogP contribution in [0, 0.1) is 10.1 Å². The van der Waals surface area contributed by atoms with Crippen molar-refractivity contribution < 1.29 is 14.5 Å². The fourth-order valence-electron chi connectivity index (χ4n) is 3.01. The number of nitro groups is 1. The van der Waals surface area contributed by atoms with Crippen molar-refractivity contribution in [3.05, 3.63) is 34.1 Å². The van der Waals surface area contributed by atoms with Crippen LogP contribution in [0.5, 0.6) is 5.75 Å². The lowest BCUT2D eigenvalue weighted by atomic mass is 10.2. The SMILES string of the molecule is COc1cc([N+](=O)[O-])ccc1NC(=O)[C@H](C)Sc1nnc(C2CC2)n1C1CC1. The minimum Gasteiger partial charge on any atom is -0.494 e. The molecular weight excluding hydrogens is 382 g/mol. The summed E-state index contributed by atoms with van der Waals surface area (Å²) in [6.45, 7) is 1.81. The maximum Gasteiger partial charge on any atom is 0.273 e. The molecule has 1 amide bonds. The molecule has 1 N–H and O–H groups in total. The lowest BCUT2D eigenvalue weighted by Crippen LogP contribution is -2.23. The van der Waals surface area contributed by atoms with Crippen LogP contribution in [0.4, 0.5) is 11.4 Å². The highest BCUT2D eigenvalue weighted by atomic mass is 32.2. The predicted octanol–water partition coefficient (Wildman–Crippen LogP) is 3.53. The van der Waals surface area contributed by atoms with E-state index in [0.29, 0.717) is 17.6 Å². The van der Waals surface area contributed by atoms with Crippen molar-refractivity contribution in [2.24, 2.45) is 0 Å². The van der Waals surface area contributed by atoms with Crippen LogP contribution in [0.2, 0.25) is 0 Å². The van der Waals surface area contributed by atoms with Crippen molar-refractivity contribution in [1.29, 1.82) is 0 Å². The molecule has 0 saturated heterocycles. The summed E-state index contributed by atoms with van der Waals surface area (Å²) in [4.78, 5) is 23.1. The number of carbonyl (C=O) groups is 1. The van der Waals surface area contributed by atoms with Gasteiger partial charge in [0.25, 0.3) is 5.69 Å². The quantitative estimate of drug-likeness (QED) is 0.407. The Hall–Kier alpha value is -2.62. The van der Waals surface area contributed by atoms with E-state index in [1.165, 1.54) is 37.1 Å². The molecule has 28 heavy (non-hydrogen) atoms. The molecule has 1 heterocycles. The second-order valence-electron chi connectivity index (χ2n) is 7.11. The smallest absolute Gasteiger partial charge is 0.273 e. The van der Waals surface area contributed by atoms with E-state index in [1.54, 1.807) is 6.92 Å². The Morgan fingerprint density at radius 3 is 2.71 bits per heavy atom. The molecule has 2 fully saturated rings. The van der Waals surface area contributed by atoms with E-state index in [1.807, 2.05) is 0 Å². The summed E-state index contributed by atoms with van der Waals surface area (Å²) in [6.07, 6.45) is 4.58. The van der Waals surface area contributed by atoms with E-state index < -0.39 is 10.2 Å². The molecule has 1 aromatic carbocycles. The van der Waals surface area contributed by atoms with Crippen LogP contribution in [-0.2, 0) is 4.79 Å². The summed E-state index contributed by atoms with van der Waals surface area (Å²) < 4.78 is 7.39. The normalized spacial score (nSPS) is 17.2. The zero-order valence-electron chi connectivity index (χ0n) is 15.6. The van der Waals surface area contributed by atoms with Gasteiger partial charge in [0.15, 0.2) is 5.16 Å². The highest BCUT2D eigenvalue weighted by Crippen LogP contribution is 2.46. The van der Waals surface area contributed by atoms with E-state index in [2.05, 4.69) is 20.1 Å². The van der Waals surface area contributed by atoms with Gasteiger partial charge < -0.3 is 14.6 Å². The largest absolute Gasteiger partial charge is 0.494 e. The maximum atomic E-state index is 12.7. The summed E-state index contributed by atoms with van der Waals surface area (Å²) in [5.41, 5.74) is 0.301. The number of thioether (sulfide) groups is 1. The Kier molecular flexibility index (Phi) is 4.96. The molecule has 1 aromatic heterocycles. The first kappa shape index (κ1) is 18.7. The number of amides is 1. The maximum absolute atomic E-state index is 12.7. The Morgan fingerprint density at radius 2 is 2.11 bits per heavy atom. The third-order valence-corrected chi connectivity index (χ3v) is 5.91. The number of nitrogens with zero attached hydrogens (tertiary/aromatic N) is 4. The number of anilines is 1. The molecule has 9 nitrogen and oxygen atoms in total. The molecule has 148 valence electrons. The standard InChI is InChI=1S/C18H21N5O4S/c1-10(17(24)19-14-8-7-13(23(25)26)9-15(14)27-2)28-18-21-20-16(11-3-4-11)22(18)12-5-6-12/h7-12H,3-6H2,1-2H3,(H,19,24)/t10-/m0/s1. The Bertz CT molecular complexity index is 923. The lowest BCUT2D eigenvalue weighted by molar-refractivity contribution is -0.384. The van der Waals surface area contributed by atoms with Crippen LogP contribution in [0.3, 0.4) is 0 Å². The second kappa shape index (κ2) is 7.42. The lowest BCUT2D eigenvalue weighted by Gasteiger charge is -2.14. The van der Waals surface area contributed by atoms with Crippen LogP contribution in [-0.4, -0.2) is 38.0 Å². The minimum absolute atomic E-state index is 0.0950. The Morgan fingerprint density at radius 1 is 1.36 bits per heavy atom. The number of non-ortho nitro benzene ring substituents is 1. The van der Waals surface area contributed by atoms with Crippen molar-refractivity contribution in [2.45, 2.75) is 55.0 Å². The second-order valence-corrected chi connectivity index (χ2v) is 8.42. The van der Waals surface area contributed by atoms with Crippen LogP contribution >= 0.6 is 11.8 Å². The molecule has 2 aliphatic rings. The molecule has 2 aliphatic carbocycles. The summed E-state index contributed by atoms with van der Waals surface area (Å²) >= 11 is 1.38. The van der Waals surface area contributed by atoms with Gasteiger partial charge in [-0.25, -0.2) is 0 Å². The number of rotatable bonds is 8. The average molecular weight is 403 g/mol. The van der Waals surface area contributed by atoms with Crippen LogP contribution in [0.25, 0.3) is 0 Å². The van der Waals surface area contributed by atoms with Gasteiger partial charge in [-0.2, -0.15) is 0 Å². The summed E-state index contributed by atoms with van der Waals surface area (Å²) in [6, 6.07) is 4.56. The van der Waals surface area contributed by atoms with Crippen molar-refractivity contribution in [3.63, 3.8) is 0 Å². The number of methoxy groups -OCH3 is 1. The molecule has 2 aromatic rings. The zero-order valence-corrected chi connectivity index (χ0v) is 16.4. The van der Waals surface area contributed by atoms with E-state index in [4.69, 9.17) is 4.74 Å². The molecule has 0 unspecified atom stereocenters.